The molecule has 0 spiro atoms. The van der Waals surface area contributed by atoms with Crippen LogP contribution < -0.4 is 4.74 Å². The first-order valence-electron chi connectivity index (χ1n) is 6.54. The Morgan fingerprint density at radius 3 is 2.50 bits per heavy atom. The summed E-state index contributed by atoms with van der Waals surface area (Å²) in [4.78, 5) is 24.7. The fourth-order valence-electron chi connectivity index (χ4n) is 1.93. The van der Waals surface area contributed by atoms with E-state index in [9.17, 15) is 9.59 Å². The summed E-state index contributed by atoms with van der Waals surface area (Å²) in [5, 5.41) is 8.76. The normalized spacial score (nSPS) is 10.4. The van der Waals surface area contributed by atoms with E-state index in [0.717, 1.165) is 5.56 Å². The Hall–Kier alpha value is -2.04. The molecule has 0 bridgehead atoms. The van der Waals surface area contributed by atoms with Gasteiger partial charge in [-0.15, -0.1) is 0 Å². The van der Waals surface area contributed by atoms with Gasteiger partial charge in [0.2, 0.25) is 0 Å². The molecule has 0 saturated heterocycles. The Morgan fingerprint density at radius 1 is 1.35 bits per heavy atom. The molecule has 0 atom stereocenters. The second kappa shape index (κ2) is 6.93. The summed E-state index contributed by atoms with van der Waals surface area (Å²) in [7, 11) is 1.56. The highest BCUT2D eigenvalue weighted by Gasteiger charge is 2.20. The van der Waals surface area contributed by atoms with Crippen molar-refractivity contribution in [3.63, 3.8) is 0 Å². The average Bonchev–Trinajstić information content (AvgIpc) is 2.38. The second-order valence-corrected chi connectivity index (χ2v) is 4.92. The molecule has 0 aliphatic rings. The Bertz CT molecular complexity index is 497. The van der Waals surface area contributed by atoms with Gasteiger partial charge in [0.05, 0.1) is 13.5 Å². The number of ether oxygens (including phenoxy) is 1. The maximum atomic E-state index is 12.5. The predicted octanol–water partition coefficient (Wildman–Crippen LogP) is 2.33. The van der Waals surface area contributed by atoms with Crippen molar-refractivity contribution >= 4 is 11.9 Å². The number of carbonyl (C=O) groups excluding carboxylic acids is 1. The molecule has 1 N–H and O–H groups in total. The van der Waals surface area contributed by atoms with E-state index in [1.165, 1.54) is 0 Å². The van der Waals surface area contributed by atoms with Crippen molar-refractivity contribution in [3.05, 3.63) is 29.3 Å². The molecular formula is C15H21NO4. The molecule has 1 amide bonds. The van der Waals surface area contributed by atoms with Crippen LogP contribution in [0.4, 0.5) is 0 Å². The number of carboxylic acid groups (broad SMARTS) is 1. The zero-order valence-corrected chi connectivity index (χ0v) is 12.3. The SMILES string of the molecule is COc1cc(C(=O)N(CCC(=O)O)C(C)C)ccc1C. The highest BCUT2D eigenvalue weighted by Crippen LogP contribution is 2.20. The first kappa shape index (κ1) is 16.0. The van der Waals surface area contributed by atoms with Crippen LogP contribution >= 0.6 is 0 Å². The third-order valence-corrected chi connectivity index (χ3v) is 3.11. The van der Waals surface area contributed by atoms with Crippen molar-refractivity contribution in [3.8, 4) is 5.75 Å². The minimum absolute atomic E-state index is 0.0610. The molecule has 5 heteroatoms. The summed E-state index contributed by atoms with van der Waals surface area (Å²) in [5.41, 5.74) is 1.46. The van der Waals surface area contributed by atoms with E-state index in [0.29, 0.717) is 11.3 Å². The van der Waals surface area contributed by atoms with Crippen LogP contribution in [-0.4, -0.2) is 41.6 Å². The summed E-state index contributed by atoms with van der Waals surface area (Å²) in [6, 6.07) is 5.18. The molecule has 0 radical (unpaired) electrons. The molecule has 0 heterocycles. The Labute approximate surface area is 119 Å². The number of carbonyl (C=O) groups is 2. The van der Waals surface area contributed by atoms with Gasteiger partial charge in [-0.3, -0.25) is 9.59 Å². The van der Waals surface area contributed by atoms with E-state index < -0.39 is 5.97 Å². The number of hydrogen-bond acceptors (Lipinski definition) is 3. The highest BCUT2D eigenvalue weighted by atomic mass is 16.5. The third-order valence-electron chi connectivity index (χ3n) is 3.11. The number of aryl methyl sites for hydroxylation is 1. The second-order valence-electron chi connectivity index (χ2n) is 4.92. The van der Waals surface area contributed by atoms with E-state index in [4.69, 9.17) is 9.84 Å². The average molecular weight is 279 g/mol. The van der Waals surface area contributed by atoms with Gasteiger partial charge in [0.1, 0.15) is 5.75 Å². The van der Waals surface area contributed by atoms with Gasteiger partial charge in [0.25, 0.3) is 5.91 Å². The van der Waals surface area contributed by atoms with Gasteiger partial charge in [0.15, 0.2) is 0 Å². The van der Waals surface area contributed by atoms with Crippen molar-refractivity contribution in [1.29, 1.82) is 0 Å². The maximum Gasteiger partial charge on any atom is 0.305 e. The fraction of sp³-hybridized carbons (Fsp3) is 0.467. The number of benzene rings is 1. The third kappa shape index (κ3) is 3.98. The van der Waals surface area contributed by atoms with Gasteiger partial charge >= 0.3 is 5.97 Å². The standard InChI is InChI=1S/C15H21NO4/c1-10(2)16(8-7-14(17)18)15(19)12-6-5-11(3)13(9-12)20-4/h5-6,9-10H,7-8H2,1-4H3,(H,17,18). The molecule has 0 saturated carbocycles. The number of rotatable bonds is 6. The number of amides is 1. The molecule has 110 valence electrons. The van der Waals surface area contributed by atoms with Crippen LogP contribution in [0.2, 0.25) is 0 Å². The van der Waals surface area contributed by atoms with E-state index in [2.05, 4.69) is 0 Å². The van der Waals surface area contributed by atoms with Gasteiger partial charge < -0.3 is 14.7 Å². The van der Waals surface area contributed by atoms with Crippen molar-refractivity contribution in [2.75, 3.05) is 13.7 Å². The summed E-state index contributed by atoms with van der Waals surface area (Å²) >= 11 is 0. The molecule has 0 aliphatic carbocycles. The van der Waals surface area contributed by atoms with E-state index >= 15 is 0 Å². The molecule has 1 aromatic carbocycles. The van der Waals surface area contributed by atoms with Crippen molar-refractivity contribution in [1.82, 2.24) is 4.90 Å². The zero-order chi connectivity index (χ0) is 15.3. The lowest BCUT2D eigenvalue weighted by atomic mass is 10.1. The van der Waals surface area contributed by atoms with Gasteiger partial charge in [-0.05, 0) is 38.5 Å². The summed E-state index contributed by atoms with van der Waals surface area (Å²) in [6.07, 6.45) is -0.0626. The summed E-state index contributed by atoms with van der Waals surface area (Å²) < 4.78 is 5.21. The Balaban J connectivity index is 2.97. The largest absolute Gasteiger partial charge is 0.496 e. The molecule has 0 aliphatic heterocycles. The maximum absolute atomic E-state index is 12.5. The molecule has 20 heavy (non-hydrogen) atoms. The molecule has 1 aromatic rings. The lowest BCUT2D eigenvalue weighted by Gasteiger charge is -2.26. The Morgan fingerprint density at radius 2 is 2.00 bits per heavy atom. The van der Waals surface area contributed by atoms with Crippen molar-refractivity contribution in [2.24, 2.45) is 0 Å². The lowest BCUT2D eigenvalue weighted by Crippen LogP contribution is -2.38. The first-order valence-corrected chi connectivity index (χ1v) is 6.54. The van der Waals surface area contributed by atoms with E-state index in [-0.39, 0.29) is 24.9 Å². The molecular weight excluding hydrogens is 258 g/mol. The van der Waals surface area contributed by atoms with Crippen LogP contribution in [0.15, 0.2) is 18.2 Å². The van der Waals surface area contributed by atoms with Gasteiger partial charge in [-0.1, -0.05) is 6.07 Å². The van der Waals surface area contributed by atoms with Crippen molar-refractivity contribution < 1.29 is 19.4 Å². The van der Waals surface area contributed by atoms with Crippen LogP contribution in [0.3, 0.4) is 0 Å². The summed E-state index contributed by atoms with van der Waals surface area (Å²) in [6.45, 7) is 5.83. The predicted molar refractivity (Wildman–Crippen MR) is 76.2 cm³/mol. The zero-order valence-electron chi connectivity index (χ0n) is 12.3. The lowest BCUT2D eigenvalue weighted by molar-refractivity contribution is -0.137. The van der Waals surface area contributed by atoms with E-state index in [1.807, 2.05) is 26.8 Å². The topological polar surface area (TPSA) is 66.8 Å². The number of hydrogen-bond donors (Lipinski definition) is 1. The molecule has 5 nitrogen and oxygen atoms in total. The number of nitrogens with zero attached hydrogens (tertiary/aromatic N) is 1. The minimum Gasteiger partial charge on any atom is -0.496 e. The van der Waals surface area contributed by atoms with Crippen molar-refractivity contribution in [2.45, 2.75) is 33.2 Å². The van der Waals surface area contributed by atoms with Crippen LogP contribution in [0.5, 0.6) is 5.75 Å². The van der Waals surface area contributed by atoms with E-state index in [1.54, 1.807) is 24.1 Å². The molecule has 0 fully saturated rings. The van der Waals surface area contributed by atoms with Crippen LogP contribution in [0.1, 0.15) is 36.2 Å². The van der Waals surface area contributed by atoms with Crippen LogP contribution in [0.25, 0.3) is 0 Å². The fourth-order valence-corrected chi connectivity index (χ4v) is 1.93. The van der Waals surface area contributed by atoms with Gasteiger partial charge in [0, 0.05) is 18.2 Å². The van der Waals surface area contributed by atoms with Crippen LogP contribution in [-0.2, 0) is 4.79 Å². The van der Waals surface area contributed by atoms with Crippen LogP contribution in [0, 0.1) is 6.92 Å². The Kier molecular flexibility index (Phi) is 5.55. The molecule has 0 aromatic heterocycles. The number of aliphatic carboxylic acids is 1. The first-order chi connectivity index (χ1) is 9.36. The van der Waals surface area contributed by atoms with Gasteiger partial charge in [-0.2, -0.15) is 0 Å². The smallest absolute Gasteiger partial charge is 0.305 e. The number of methoxy groups -OCH3 is 1. The van der Waals surface area contributed by atoms with Gasteiger partial charge in [-0.25, -0.2) is 0 Å². The molecule has 0 unspecified atom stereocenters. The monoisotopic (exact) mass is 279 g/mol. The minimum atomic E-state index is -0.912. The summed E-state index contributed by atoms with van der Waals surface area (Å²) in [5.74, 6) is -0.442. The quantitative estimate of drug-likeness (QED) is 0.868. The highest BCUT2D eigenvalue weighted by molar-refractivity contribution is 5.95. The molecule has 1 rings (SSSR count). The number of carboxylic acids is 1.